The number of carbonyl (C=O) groups excluding carboxylic acids is 1. The first-order chi connectivity index (χ1) is 8.51. The fourth-order valence-electron chi connectivity index (χ4n) is 1.77. The molecule has 1 aromatic heterocycles. The molecular formula is C12H19Br2N3O. The smallest absolute Gasteiger partial charge is 0.244 e. The van der Waals surface area contributed by atoms with Gasteiger partial charge in [-0.25, -0.2) is 0 Å². The zero-order valence-corrected chi connectivity index (χ0v) is 14.2. The van der Waals surface area contributed by atoms with Gasteiger partial charge in [-0.1, -0.05) is 13.8 Å². The molecule has 0 N–H and O–H groups in total. The van der Waals surface area contributed by atoms with Crippen molar-refractivity contribution in [1.82, 2.24) is 14.7 Å². The summed E-state index contributed by atoms with van der Waals surface area (Å²) < 4.78 is 3.38. The number of halogens is 2. The van der Waals surface area contributed by atoms with Crippen LogP contribution in [0.1, 0.15) is 32.4 Å². The molecule has 102 valence electrons. The topological polar surface area (TPSA) is 38.1 Å². The van der Waals surface area contributed by atoms with Gasteiger partial charge in [-0.3, -0.25) is 9.48 Å². The lowest BCUT2D eigenvalue weighted by Gasteiger charge is -2.21. The van der Waals surface area contributed by atoms with Gasteiger partial charge in [0.1, 0.15) is 11.1 Å². The van der Waals surface area contributed by atoms with E-state index >= 15 is 0 Å². The van der Waals surface area contributed by atoms with Crippen LogP contribution >= 0.6 is 31.9 Å². The number of hydrogen-bond donors (Lipinski definition) is 0. The second-order valence-electron chi connectivity index (χ2n) is 4.23. The van der Waals surface area contributed by atoms with Crippen LogP contribution in [0, 0.1) is 6.92 Å². The molecule has 1 aromatic rings. The average molecular weight is 381 g/mol. The van der Waals surface area contributed by atoms with E-state index in [-0.39, 0.29) is 5.91 Å². The predicted molar refractivity (Wildman–Crippen MR) is 79.5 cm³/mol. The van der Waals surface area contributed by atoms with Crippen molar-refractivity contribution in [2.75, 3.05) is 13.1 Å². The molecule has 0 fully saturated rings. The van der Waals surface area contributed by atoms with Crippen molar-refractivity contribution < 1.29 is 4.79 Å². The van der Waals surface area contributed by atoms with E-state index in [2.05, 4.69) is 50.8 Å². The van der Waals surface area contributed by atoms with Crippen LogP contribution in [0.25, 0.3) is 0 Å². The van der Waals surface area contributed by atoms with Crippen molar-refractivity contribution >= 4 is 37.8 Å². The zero-order valence-electron chi connectivity index (χ0n) is 11.0. The summed E-state index contributed by atoms with van der Waals surface area (Å²) in [6.45, 7) is 8.05. The van der Waals surface area contributed by atoms with Gasteiger partial charge in [-0.05, 0) is 51.6 Å². The molecule has 6 heteroatoms. The Labute approximate surface area is 125 Å². The van der Waals surface area contributed by atoms with E-state index in [1.807, 2.05) is 11.8 Å². The van der Waals surface area contributed by atoms with Crippen LogP contribution in [0.4, 0.5) is 0 Å². The summed E-state index contributed by atoms with van der Waals surface area (Å²) in [5.74, 6) is 0.129. The van der Waals surface area contributed by atoms with E-state index in [9.17, 15) is 4.79 Å². The second kappa shape index (κ2) is 7.28. The van der Waals surface area contributed by atoms with E-state index in [1.54, 1.807) is 4.68 Å². The molecule has 0 saturated heterocycles. The summed E-state index contributed by atoms with van der Waals surface area (Å²) in [5.41, 5.74) is 0.961. The van der Waals surface area contributed by atoms with Gasteiger partial charge in [0.05, 0.1) is 10.2 Å². The lowest BCUT2D eigenvalue weighted by atomic mass is 10.3. The maximum absolute atomic E-state index is 12.2. The largest absolute Gasteiger partial charge is 0.341 e. The van der Waals surface area contributed by atoms with Gasteiger partial charge in [-0.2, -0.15) is 5.10 Å². The van der Waals surface area contributed by atoms with Crippen molar-refractivity contribution in [3.63, 3.8) is 0 Å². The van der Waals surface area contributed by atoms with Crippen molar-refractivity contribution in [1.29, 1.82) is 0 Å². The van der Waals surface area contributed by atoms with Crippen molar-refractivity contribution in [3.05, 3.63) is 14.8 Å². The van der Waals surface area contributed by atoms with E-state index in [0.717, 1.165) is 40.7 Å². The van der Waals surface area contributed by atoms with Crippen LogP contribution < -0.4 is 0 Å². The van der Waals surface area contributed by atoms with Crippen LogP contribution in [-0.4, -0.2) is 33.7 Å². The van der Waals surface area contributed by atoms with Gasteiger partial charge in [0, 0.05) is 13.1 Å². The molecule has 18 heavy (non-hydrogen) atoms. The molecule has 0 aromatic carbocycles. The fraction of sp³-hybridized carbons (Fsp3) is 0.667. The van der Waals surface area contributed by atoms with Gasteiger partial charge in [0.25, 0.3) is 0 Å². The Balaban J connectivity index is 2.75. The molecule has 0 spiro atoms. The van der Waals surface area contributed by atoms with E-state index < -0.39 is 0 Å². The minimum atomic E-state index is 0.129. The molecule has 0 saturated carbocycles. The molecule has 0 atom stereocenters. The first kappa shape index (κ1) is 15.7. The molecule has 1 amide bonds. The normalized spacial score (nSPS) is 10.7. The number of aromatic nitrogens is 2. The number of rotatable bonds is 6. The number of amides is 1. The third-order valence-corrected chi connectivity index (χ3v) is 4.76. The monoisotopic (exact) mass is 379 g/mol. The minimum absolute atomic E-state index is 0.129. The molecule has 0 unspecified atom stereocenters. The molecule has 0 bridgehead atoms. The summed E-state index contributed by atoms with van der Waals surface area (Å²) >= 11 is 6.78. The van der Waals surface area contributed by atoms with Crippen LogP contribution in [0.5, 0.6) is 0 Å². The third kappa shape index (κ3) is 3.82. The van der Waals surface area contributed by atoms with Crippen LogP contribution in [0.15, 0.2) is 9.08 Å². The van der Waals surface area contributed by atoms with Crippen molar-refractivity contribution in [2.24, 2.45) is 0 Å². The fourth-order valence-corrected chi connectivity index (χ4v) is 2.53. The third-order valence-electron chi connectivity index (χ3n) is 2.72. The Morgan fingerprint density at radius 1 is 1.28 bits per heavy atom. The van der Waals surface area contributed by atoms with Crippen molar-refractivity contribution in [3.8, 4) is 0 Å². The summed E-state index contributed by atoms with van der Waals surface area (Å²) in [5, 5.41) is 4.29. The molecule has 0 aliphatic carbocycles. The number of hydrogen-bond acceptors (Lipinski definition) is 2. The Hall–Kier alpha value is -0.360. The standard InChI is InChI=1S/C12H19Br2N3O/c1-4-6-16(7-5-2)10(18)8-17-9(3)11(13)12(14)15-17/h4-8H2,1-3H3. The maximum Gasteiger partial charge on any atom is 0.244 e. The summed E-state index contributed by atoms with van der Waals surface area (Å²) in [6, 6.07) is 0. The van der Waals surface area contributed by atoms with Gasteiger partial charge in [0.2, 0.25) is 5.91 Å². The molecule has 4 nitrogen and oxygen atoms in total. The molecule has 1 rings (SSSR count). The second-order valence-corrected chi connectivity index (χ2v) is 5.77. The highest BCUT2D eigenvalue weighted by atomic mass is 79.9. The average Bonchev–Trinajstić information content (AvgIpc) is 2.57. The molecule has 0 aliphatic heterocycles. The lowest BCUT2D eigenvalue weighted by molar-refractivity contribution is -0.132. The quantitative estimate of drug-likeness (QED) is 0.758. The molecule has 0 radical (unpaired) electrons. The van der Waals surface area contributed by atoms with Gasteiger partial charge >= 0.3 is 0 Å². The van der Waals surface area contributed by atoms with Gasteiger partial charge in [0.15, 0.2) is 0 Å². The first-order valence-electron chi connectivity index (χ1n) is 6.17. The zero-order chi connectivity index (χ0) is 13.7. The van der Waals surface area contributed by atoms with Crippen LogP contribution in [0.3, 0.4) is 0 Å². The molecule has 1 heterocycles. The first-order valence-corrected chi connectivity index (χ1v) is 7.76. The number of nitrogens with zero attached hydrogens (tertiary/aromatic N) is 3. The van der Waals surface area contributed by atoms with Gasteiger partial charge < -0.3 is 4.90 Å². The van der Waals surface area contributed by atoms with Crippen LogP contribution in [-0.2, 0) is 11.3 Å². The Morgan fingerprint density at radius 2 is 1.83 bits per heavy atom. The Kier molecular flexibility index (Phi) is 6.35. The lowest BCUT2D eigenvalue weighted by Crippen LogP contribution is -2.35. The van der Waals surface area contributed by atoms with E-state index in [1.165, 1.54) is 0 Å². The highest BCUT2D eigenvalue weighted by molar-refractivity contribution is 9.13. The highest BCUT2D eigenvalue weighted by Crippen LogP contribution is 2.25. The highest BCUT2D eigenvalue weighted by Gasteiger charge is 2.16. The minimum Gasteiger partial charge on any atom is -0.341 e. The van der Waals surface area contributed by atoms with E-state index in [0.29, 0.717) is 6.54 Å². The summed E-state index contributed by atoms with van der Waals surface area (Å²) in [7, 11) is 0. The Bertz CT molecular complexity index is 412. The molecular weight excluding hydrogens is 362 g/mol. The Morgan fingerprint density at radius 3 is 2.22 bits per heavy atom. The van der Waals surface area contributed by atoms with Crippen molar-refractivity contribution in [2.45, 2.75) is 40.2 Å². The summed E-state index contributed by atoms with van der Waals surface area (Å²) in [4.78, 5) is 14.1. The predicted octanol–water partition coefficient (Wildman–Crippen LogP) is 3.37. The maximum atomic E-state index is 12.2. The van der Waals surface area contributed by atoms with E-state index in [4.69, 9.17) is 0 Å². The summed E-state index contributed by atoms with van der Waals surface area (Å²) in [6.07, 6.45) is 1.97. The van der Waals surface area contributed by atoms with Gasteiger partial charge in [-0.15, -0.1) is 0 Å². The van der Waals surface area contributed by atoms with Crippen LogP contribution in [0.2, 0.25) is 0 Å². The number of carbonyl (C=O) groups is 1. The SMILES string of the molecule is CCCN(CCC)C(=O)Cn1nc(Br)c(Br)c1C. The molecule has 0 aliphatic rings.